The SMILES string of the molecule is NCc1cc(S(=O)(=O)Nc2ccc(Br)c(F)c2)c[nH]1. The summed E-state index contributed by atoms with van der Waals surface area (Å²) in [7, 11) is -3.75. The normalized spacial score (nSPS) is 11.5. The second kappa shape index (κ2) is 5.32. The molecule has 5 nitrogen and oxygen atoms in total. The number of hydrogen-bond acceptors (Lipinski definition) is 3. The number of rotatable bonds is 4. The monoisotopic (exact) mass is 347 g/mol. The van der Waals surface area contributed by atoms with Gasteiger partial charge in [-0.25, -0.2) is 12.8 Å². The summed E-state index contributed by atoms with van der Waals surface area (Å²) in [5, 5.41) is 0. The fraction of sp³-hybridized carbons (Fsp3) is 0.0909. The number of nitrogens with one attached hydrogen (secondary N) is 2. The molecule has 0 aliphatic heterocycles. The summed E-state index contributed by atoms with van der Waals surface area (Å²) >= 11 is 3.00. The van der Waals surface area contributed by atoms with Crippen molar-refractivity contribution in [1.82, 2.24) is 4.98 Å². The molecule has 1 aromatic carbocycles. The molecular weight excluding hydrogens is 337 g/mol. The molecule has 4 N–H and O–H groups in total. The van der Waals surface area contributed by atoms with Crippen LogP contribution in [0.5, 0.6) is 0 Å². The average molecular weight is 348 g/mol. The Kier molecular flexibility index (Phi) is 3.93. The summed E-state index contributed by atoms with van der Waals surface area (Å²) in [6.45, 7) is 0.211. The first-order chi connectivity index (χ1) is 8.92. The molecule has 0 saturated heterocycles. The molecule has 1 aromatic heterocycles. The Morgan fingerprint density at radius 2 is 2.11 bits per heavy atom. The third-order valence-corrected chi connectivity index (χ3v) is 4.42. The highest BCUT2D eigenvalue weighted by Crippen LogP contribution is 2.22. The van der Waals surface area contributed by atoms with Crippen molar-refractivity contribution in [3.05, 3.63) is 46.4 Å². The van der Waals surface area contributed by atoms with Crippen LogP contribution in [0.2, 0.25) is 0 Å². The quantitative estimate of drug-likeness (QED) is 0.791. The standard InChI is InChI=1S/C11H11BrFN3O2S/c12-10-2-1-7(4-11(10)13)16-19(17,18)9-3-8(5-14)15-6-9/h1-4,6,15-16H,5,14H2. The summed E-state index contributed by atoms with van der Waals surface area (Å²) in [6, 6.07) is 5.41. The first-order valence-electron chi connectivity index (χ1n) is 5.27. The maximum Gasteiger partial charge on any atom is 0.263 e. The molecule has 0 fully saturated rings. The topological polar surface area (TPSA) is 88.0 Å². The van der Waals surface area contributed by atoms with Crippen LogP contribution in [0.1, 0.15) is 5.69 Å². The molecule has 19 heavy (non-hydrogen) atoms. The number of H-pyrrole nitrogens is 1. The zero-order chi connectivity index (χ0) is 14.0. The van der Waals surface area contributed by atoms with E-state index in [1.165, 1.54) is 24.4 Å². The van der Waals surface area contributed by atoms with Gasteiger partial charge in [-0.1, -0.05) is 0 Å². The minimum Gasteiger partial charge on any atom is -0.363 e. The first-order valence-corrected chi connectivity index (χ1v) is 7.55. The Labute approximate surface area is 118 Å². The minimum absolute atomic E-state index is 0.0521. The molecule has 0 aliphatic rings. The van der Waals surface area contributed by atoms with Gasteiger partial charge in [-0.15, -0.1) is 0 Å². The summed E-state index contributed by atoms with van der Waals surface area (Å²) in [5.41, 5.74) is 6.14. The zero-order valence-electron chi connectivity index (χ0n) is 9.65. The summed E-state index contributed by atoms with van der Waals surface area (Å²) < 4.78 is 39.9. The van der Waals surface area contributed by atoms with Gasteiger partial charge in [-0.3, -0.25) is 4.72 Å². The van der Waals surface area contributed by atoms with Crippen molar-refractivity contribution in [1.29, 1.82) is 0 Å². The number of nitrogens with two attached hydrogens (primary N) is 1. The van der Waals surface area contributed by atoms with E-state index in [1.807, 2.05) is 0 Å². The van der Waals surface area contributed by atoms with Gasteiger partial charge in [-0.05, 0) is 40.2 Å². The lowest BCUT2D eigenvalue weighted by Crippen LogP contribution is -2.12. The van der Waals surface area contributed by atoms with E-state index in [9.17, 15) is 12.8 Å². The molecule has 0 unspecified atom stereocenters. The van der Waals surface area contributed by atoms with Gasteiger partial charge in [0.2, 0.25) is 0 Å². The van der Waals surface area contributed by atoms with Crippen LogP contribution in [0, 0.1) is 5.82 Å². The Hall–Kier alpha value is -1.38. The molecule has 1 heterocycles. The molecule has 0 saturated carbocycles. The van der Waals surface area contributed by atoms with Gasteiger partial charge in [0.05, 0.1) is 10.2 Å². The fourth-order valence-corrected chi connectivity index (χ4v) is 2.78. The number of hydrogen-bond donors (Lipinski definition) is 3. The molecule has 2 rings (SSSR count). The molecule has 2 aromatic rings. The van der Waals surface area contributed by atoms with Crippen LogP contribution in [0.15, 0.2) is 39.8 Å². The van der Waals surface area contributed by atoms with Gasteiger partial charge >= 0.3 is 0 Å². The first kappa shape index (κ1) is 14.0. The molecule has 0 radical (unpaired) electrons. The Balaban J connectivity index is 2.28. The highest BCUT2D eigenvalue weighted by Gasteiger charge is 2.16. The largest absolute Gasteiger partial charge is 0.363 e. The molecular formula is C11H11BrFN3O2S. The van der Waals surface area contributed by atoms with E-state index in [2.05, 4.69) is 25.6 Å². The molecule has 0 bridgehead atoms. The van der Waals surface area contributed by atoms with E-state index in [-0.39, 0.29) is 21.6 Å². The molecule has 0 amide bonds. The third-order valence-electron chi connectivity index (χ3n) is 2.42. The van der Waals surface area contributed by atoms with Crippen molar-refractivity contribution in [3.63, 3.8) is 0 Å². The maximum absolute atomic E-state index is 13.3. The average Bonchev–Trinajstić information content (AvgIpc) is 2.83. The van der Waals surface area contributed by atoms with E-state index in [1.54, 1.807) is 0 Å². The lowest BCUT2D eigenvalue weighted by molar-refractivity contribution is 0.601. The molecule has 0 atom stereocenters. The van der Waals surface area contributed by atoms with Gasteiger partial charge in [-0.2, -0.15) is 0 Å². The summed E-state index contributed by atoms with van der Waals surface area (Å²) in [5.74, 6) is -0.545. The van der Waals surface area contributed by atoms with Gasteiger partial charge < -0.3 is 10.7 Å². The van der Waals surface area contributed by atoms with Crippen LogP contribution in [0.25, 0.3) is 0 Å². The van der Waals surface area contributed by atoms with Crippen molar-refractivity contribution in [2.75, 3.05) is 4.72 Å². The van der Waals surface area contributed by atoms with Crippen molar-refractivity contribution in [2.45, 2.75) is 11.4 Å². The molecule has 0 spiro atoms. The number of benzene rings is 1. The van der Waals surface area contributed by atoms with E-state index in [4.69, 9.17) is 5.73 Å². The van der Waals surface area contributed by atoms with E-state index < -0.39 is 15.8 Å². The highest BCUT2D eigenvalue weighted by atomic mass is 79.9. The zero-order valence-corrected chi connectivity index (χ0v) is 12.1. The number of halogens is 2. The lowest BCUT2D eigenvalue weighted by Gasteiger charge is -2.06. The number of aromatic nitrogens is 1. The number of sulfonamides is 1. The second-order valence-electron chi connectivity index (χ2n) is 3.80. The maximum atomic E-state index is 13.3. The van der Waals surface area contributed by atoms with Crippen molar-refractivity contribution in [2.24, 2.45) is 5.73 Å². The lowest BCUT2D eigenvalue weighted by atomic mass is 10.3. The van der Waals surface area contributed by atoms with Crippen molar-refractivity contribution in [3.8, 4) is 0 Å². The third kappa shape index (κ3) is 3.14. The molecule has 0 aliphatic carbocycles. The predicted octanol–water partition coefficient (Wildman–Crippen LogP) is 2.18. The van der Waals surface area contributed by atoms with Gasteiger partial charge in [0.15, 0.2) is 0 Å². The number of anilines is 1. The Morgan fingerprint density at radius 3 is 2.68 bits per heavy atom. The van der Waals surface area contributed by atoms with Gasteiger partial charge in [0.25, 0.3) is 10.0 Å². The van der Waals surface area contributed by atoms with Crippen molar-refractivity contribution < 1.29 is 12.8 Å². The Bertz CT molecular complexity index is 700. The van der Waals surface area contributed by atoms with E-state index in [0.717, 1.165) is 6.07 Å². The highest BCUT2D eigenvalue weighted by molar-refractivity contribution is 9.10. The van der Waals surface area contributed by atoms with Crippen LogP contribution < -0.4 is 10.5 Å². The summed E-state index contributed by atoms with van der Waals surface area (Å²) in [6.07, 6.45) is 1.33. The van der Waals surface area contributed by atoms with E-state index >= 15 is 0 Å². The Morgan fingerprint density at radius 1 is 1.37 bits per heavy atom. The second-order valence-corrected chi connectivity index (χ2v) is 6.34. The van der Waals surface area contributed by atoms with E-state index in [0.29, 0.717) is 5.69 Å². The minimum atomic E-state index is -3.75. The number of aromatic amines is 1. The fourth-order valence-electron chi connectivity index (χ4n) is 1.47. The van der Waals surface area contributed by atoms with Crippen LogP contribution in [-0.2, 0) is 16.6 Å². The van der Waals surface area contributed by atoms with Crippen LogP contribution in [0.3, 0.4) is 0 Å². The van der Waals surface area contributed by atoms with Crippen molar-refractivity contribution >= 4 is 31.6 Å². The predicted molar refractivity (Wildman–Crippen MR) is 73.6 cm³/mol. The van der Waals surface area contributed by atoms with Gasteiger partial charge in [0, 0.05) is 18.4 Å². The van der Waals surface area contributed by atoms with Gasteiger partial charge in [0.1, 0.15) is 10.7 Å². The smallest absolute Gasteiger partial charge is 0.263 e. The summed E-state index contributed by atoms with van der Waals surface area (Å²) in [4.78, 5) is 2.79. The van der Waals surface area contributed by atoms with Crippen LogP contribution in [0.4, 0.5) is 10.1 Å². The van der Waals surface area contributed by atoms with Crippen LogP contribution >= 0.6 is 15.9 Å². The molecule has 8 heteroatoms. The molecule has 102 valence electrons. The van der Waals surface area contributed by atoms with Crippen LogP contribution in [-0.4, -0.2) is 13.4 Å².